The molecule has 0 bridgehead atoms. The molecule has 72 valence electrons. The van der Waals surface area contributed by atoms with Crippen LogP contribution in [-0.2, 0) is 4.79 Å². The van der Waals surface area contributed by atoms with Crippen molar-refractivity contribution in [3.05, 3.63) is 35.4 Å². The van der Waals surface area contributed by atoms with Crippen LogP contribution in [0.2, 0.25) is 0 Å². The van der Waals surface area contributed by atoms with Crippen LogP contribution in [0.1, 0.15) is 11.1 Å². The SMILES string of the molecule is Cc1ccccc1C1=NC(=O)C(N)S1. The van der Waals surface area contributed by atoms with Crippen molar-refractivity contribution in [2.45, 2.75) is 12.3 Å². The number of carbonyl (C=O) groups excluding carboxylic acids is 1. The molecule has 1 heterocycles. The Labute approximate surface area is 86.4 Å². The molecule has 1 aromatic carbocycles. The van der Waals surface area contributed by atoms with Gasteiger partial charge < -0.3 is 5.73 Å². The highest BCUT2D eigenvalue weighted by Gasteiger charge is 2.25. The lowest BCUT2D eigenvalue weighted by Crippen LogP contribution is -2.21. The van der Waals surface area contributed by atoms with Crippen LogP contribution in [0.15, 0.2) is 29.3 Å². The molecular formula is C10H10N2OS. The molecule has 2 N–H and O–H groups in total. The van der Waals surface area contributed by atoms with Gasteiger partial charge in [-0.1, -0.05) is 36.0 Å². The number of rotatable bonds is 1. The third-order valence-electron chi connectivity index (χ3n) is 2.07. The molecule has 1 atom stereocenters. The van der Waals surface area contributed by atoms with Crippen LogP contribution in [0.25, 0.3) is 0 Å². The normalized spacial score (nSPS) is 21.1. The Bertz CT molecular complexity index is 414. The quantitative estimate of drug-likeness (QED) is 0.753. The van der Waals surface area contributed by atoms with E-state index in [1.165, 1.54) is 11.8 Å². The van der Waals surface area contributed by atoms with Gasteiger partial charge in [0.25, 0.3) is 5.91 Å². The number of aryl methyl sites for hydroxylation is 1. The molecule has 2 rings (SSSR count). The molecule has 3 nitrogen and oxygen atoms in total. The predicted molar refractivity (Wildman–Crippen MR) is 58.3 cm³/mol. The number of aliphatic imine (C=N–C) groups is 1. The van der Waals surface area contributed by atoms with Gasteiger partial charge in [-0.05, 0) is 12.5 Å². The van der Waals surface area contributed by atoms with Crippen molar-refractivity contribution in [1.29, 1.82) is 0 Å². The number of nitrogens with two attached hydrogens (primary N) is 1. The minimum absolute atomic E-state index is 0.242. The summed E-state index contributed by atoms with van der Waals surface area (Å²) in [5.74, 6) is -0.242. The van der Waals surface area contributed by atoms with E-state index in [0.29, 0.717) is 0 Å². The Kier molecular flexibility index (Phi) is 2.39. The van der Waals surface area contributed by atoms with Crippen LogP contribution in [-0.4, -0.2) is 16.3 Å². The van der Waals surface area contributed by atoms with Gasteiger partial charge in [0.15, 0.2) is 0 Å². The summed E-state index contributed by atoms with van der Waals surface area (Å²) in [6.07, 6.45) is 0. The lowest BCUT2D eigenvalue weighted by molar-refractivity contribution is -0.117. The number of nitrogens with zero attached hydrogens (tertiary/aromatic N) is 1. The fraction of sp³-hybridized carbons (Fsp3) is 0.200. The fourth-order valence-corrected chi connectivity index (χ4v) is 2.19. The van der Waals surface area contributed by atoms with Crippen LogP contribution < -0.4 is 5.73 Å². The van der Waals surface area contributed by atoms with Crippen molar-refractivity contribution < 1.29 is 4.79 Å². The molecule has 1 unspecified atom stereocenters. The molecule has 1 aliphatic heterocycles. The van der Waals surface area contributed by atoms with Crippen LogP contribution >= 0.6 is 11.8 Å². The molecule has 1 amide bonds. The van der Waals surface area contributed by atoms with Gasteiger partial charge in [0, 0.05) is 5.56 Å². The average Bonchev–Trinajstić information content (AvgIpc) is 2.48. The molecule has 4 heteroatoms. The highest BCUT2D eigenvalue weighted by atomic mass is 32.2. The van der Waals surface area contributed by atoms with Gasteiger partial charge in [0.05, 0.1) is 0 Å². The zero-order chi connectivity index (χ0) is 10.1. The summed E-state index contributed by atoms with van der Waals surface area (Å²) >= 11 is 1.32. The van der Waals surface area contributed by atoms with E-state index < -0.39 is 5.37 Å². The molecule has 1 aliphatic rings. The van der Waals surface area contributed by atoms with E-state index in [9.17, 15) is 4.79 Å². The van der Waals surface area contributed by atoms with Gasteiger partial charge in [-0.15, -0.1) is 0 Å². The molecule has 0 radical (unpaired) electrons. The van der Waals surface area contributed by atoms with Gasteiger partial charge in [-0.25, -0.2) is 4.99 Å². The zero-order valence-electron chi connectivity index (χ0n) is 7.73. The van der Waals surface area contributed by atoms with Crippen LogP contribution in [0, 0.1) is 6.92 Å². The number of hydrogen-bond donors (Lipinski definition) is 1. The van der Waals surface area contributed by atoms with Gasteiger partial charge in [0.1, 0.15) is 10.4 Å². The van der Waals surface area contributed by atoms with Gasteiger partial charge >= 0.3 is 0 Å². The zero-order valence-corrected chi connectivity index (χ0v) is 8.54. The lowest BCUT2D eigenvalue weighted by atomic mass is 10.1. The second-order valence-corrected chi connectivity index (χ2v) is 4.24. The van der Waals surface area contributed by atoms with Crippen molar-refractivity contribution in [3.63, 3.8) is 0 Å². The number of thioether (sulfide) groups is 1. The van der Waals surface area contributed by atoms with Gasteiger partial charge in [-0.3, -0.25) is 4.79 Å². The van der Waals surface area contributed by atoms with E-state index in [1.807, 2.05) is 31.2 Å². The van der Waals surface area contributed by atoms with Crippen molar-refractivity contribution >= 4 is 22.7 Å². The molecule has 0 spiro atoms. The third-order valence-corrected chi connectivity index (χ3v) is 3.06. The summed E-state index contributed by atoms with van der Waals surface area (Å²) in [6.45, 7) is 1.99. The van der Waals surface area contributed by atoms with Crippen molar-refractivity contribution in [2.24, 2.45) is 10.7 Å². The first-order chi connectivity index (χ1) is 6.68. The van der Waals surface area contributed by atoms with Crippen molar-refractivity contribution in [3.8, 4) is 0 Å². The van der Waals surface area contributed by atoms with E-state index in [-0.39, 0.29) is 5.91 Å². The summed E-state index contributed by atoms with van der Waals surface area (Å²) in [5.41, 5.74) is 7.67. The number of hydrogen-bond acceptors (Lipinski definition) is 3. The number of carbonyl (C=O) groups is 1. The van der Waals surface area contributed by atoms with Gasteiger partial charge in [-0.2, -0.15) is 0 Å². The Morgan fingerprint density at radius 3 is 2.71 bits per heavy atom. The maximum atomic E-state index is 11.1. The topological polar surface area (TPSA) is 55.5 Å². The fourth-order valence-electron chi connectivity index (χ4n) is 1.30. The van der Waals surface area contributed by atoms with Crippen LogP contribution in [0.4, 0.5) is 0 Å². The predicted octanol–water partition coefficient (Wildman–Crippen LogP) is 1.30. The lowest BCUT2D eigenvalue weighted by Gasteiger charge is -2.03. The van der Waals surface area contributed by atoms with Crippen molar-refractivity contribution in [1.82, 2.24) is 0 Å². The summed E-state index contributed by atoms with van der Waals surface area (Å²) in [6, 6.07) is 7.83. The maximum absolute atomic E-state index is 11.1. The molecule has 14 heavy (non-hydrogen) atoms. The number of benzene rings is 1. The second-order valence-electron chi connectivity index (χ2n) is 3.11. The maximum Gasteiger partial charge on any atom is 0.274 e. The van der Waals surface area contributed by atoms with Crippen LogP contribution in [0.3, 0.4) is 0 Å². The minimum Gasteiger partial charge on any atom is -0.311 e. The second kappa shape index (κ2) is 3.55. The molecule has 0 fully saturated rings. The van der Waals surface area contributed by atoms with E-state index in [2.05, 4.69) is 4.99 Å². The summed E-state index contributed by atoms with van der Waals surface area (Å²) < 4.78 is 0. The smallest absolute Gasteiger partial charge is 0.274 e. The summed E-state index contributed by atoms with van der Waals surface area (Å²) in [5, 5.41) is 0.213. The first-order valence-corrected chi connectivity index (χ1v) is 5.17. The average molecular weight is 206 g/mol. The summed E-state index contributed by atoms with van der Waals surface area (Å²) in [7, 11) is 0. The van der Waals surface area contributed by atoms with E-state index in [1.54, 1.807) is 0 Å². The molecule has 0 aliphatic carbocycles. The van der Waals surface area contributed by atoms with E-state index >= 15 is 0 Å². The largest absolute Gasteiger partial charge is 0.311 e. The first kappa shape index (κ1) is 9.43. The van der Waals surface area contributed by atoms with E-state index in [4.69, 9.17) is 5.73 Å². The molecule has 0 aromatic heterocycles. The first-order valence-electron chi connectivity index (χ1n) is 4.29. The Balaban J connectivity index is 2.38. The third kappa shape index (κ3) is 1.58. The Morgan fingerprint density at radius 2 is 2.14 bits per heavy atom. The highest BCUT2D eigenvalue weighted by Crippen LogP contribution is 2.25. The molecule has 0 saturated carbocycles. The van der Waals surface area contributed by atoms with Gasteiger partial charge in [0.2, 0.25) is 0 Å². The molecular weight excluding hydrogens is 196 g/mol. The monoisotopic (exact) mass is 206 g/mol. The Hall–Kier alpha value is -1.13. The minimum atomic E-state index is -0.524. The molecule has 0 saturated heterocycles. The summed E-state index contributed by atoms with van der Waals surface area (Å²) in [4.78, 5) is 15.1. The Morgan fingerprint density at radius 1 is 1.43 bits per heavy atom. The standard InChI is InChI=1S/C10H10N2OS/c1-6-4-2-3-5-7(6)10-12-9(13)8(11)14-10/h2-5,8H,11H2,1H3. The van der Waals surface area contributed by atoms with Crippen LogP contribution in [0.5, 0.6) is 0 Å². The number of amides is 1. The molecule has 1 aromatic rings. The van der Waals surface area contributed by atoms with Crippen molar-refractivity contribution in [2.75, 3.05) is 0 Å². The van der Waals surface area contributed by atoms with E-state index in [0.717, 1.165) is 16.2 Å². The highest BCUT2D eigenvalue weighted by molar-refractivity contribution is 8.16.